The molecule has 0 aromatic rings. The number of unbranched alkanes of at least 4 members (excludes halogenated alkanes) is 16. The third-order valence-corrected chi connectivity index (χ3v) is 8.92. The van der Waals surface area contributed by atoms with Crippen LogP contribution < -0.4 is 0 Å². The van der Waals surface area contributed by atoms with Gasteiger partial charge in [0.05, 0.1) is 6.61 Å². The van der Waals surface area contributed by atoms with Gasteiger partial charge in [0.1, 0.15) is 13.2 Å². The molecule has 0 heterocycles. The summed E-state index contributed by atoms with van der Waals surface area (Å²) in [5.74, 6) is 0.0797. The van der Waals surface area contributed by atoms with Crippen molar-refractivity contribution in [2.24, 2.45) is 5.92 Å². The summed E-state index contributed by atoms with van der Waals surface area (Å²) < 4.78 is 16.2. The van der Waals surface area contributed by atoms with E-state index in [0.29, 0.717) is 45.0 Å². The van der Waals surface area contributed by atoms with Crippen molar-refractivity contribution in [3.63, 3.8) is 0 Å². The van der Waals surface area contributed by atoms with Gasteiger partial charge >= 0.3 is 17.9 Å². The Morgan fingerprint density at radius 2 is 0.959 bits per heavy atom. The van der Waals surface area contributed by atoms with Gasteiger partial charge in [-0.2, -0.15) is 0 Å². The van der Waals surface area contributed by atoms with Gasteiger partial charge < -0.3 is 19.1 Å². The van der Waals surface area contributed by atoms with Crippen molar-refractivity contribution in [3.05, 3.63) is 24.3 Å². The average Bonchev–Trinajstić information content (AvgIpc) is 3.07. The van der Waals surface area contributed by atoms with Crippen LogP contribution in [0.1, 0.15) is 181 Å². The van der Waals surface area contributed by atoms with E-state index in [1.54, 1.807) is 0 Å². The third kappa shape index (κ3) is 36.9. The molecule has 0 saturated heterocycles. The maximum Gasteiger partial charge on any atom is 0.306 e. The van der Waals surface area contributed by atoms with E-state index in [0.717, 1.165) is 103 Å². The lowest BCUT2D eigenvalue weighted by molar-refractivity contribution is -0.145. The zero-order chi connectivity index (χ0) is 36.0. The molecular weight excluding hydrogens is 614 g/mol. The molecule has 0 amide bonds. The van der Waals surface area contributed by atoms with E-state index in [2.05, 4.69) is 30.9 Å². The van der Waals surface area contributed by atoms with E-state index < -0.39 is 0 Å². The Bertz CT molecular complexity index is 772. The molecule has 0 aromatic heterocycles. The van der Waals surface area contributed by atoms with Gasteiger partial charge in [-0.05, 0) is 77.8 Å². The topological polar surface area (TPSA) is 82.1 Å². The van der Waals surface area contributed by atoms with Crippen LogP contribution >= 0.6 is 0 Å². The van der Waals surface area contributed by atoms with Gasteiger partial charge in [0.25, 0.3) is 0 Å². The molecule has 0 radical (unpaired) electrons. The number of esters is 3. The van der Waals surface area contributed by atoms with Crippen molar-refractivity contribution < 1.29 is 28.6 Å². The molecular formula is C42H77NO6. The molecule has 0 rings (SSSR count). The molecule has 0 atom stereocenters. The van der Waals surface area contributed by atoms with E-state index in [4.69, 9.17) is 14.2 Å². The Morgan fingerprint density at radius 3 is 1.43 bits per heavy atom. The molecule has 0 unspecified atom stereocenters. The van der Waals surface area contributed by atoms with Gasteiger partial charge in [-0.15, -0.1) is 0 Å². The summed E-state index contributed by atoms with van der Waals surface area (Å²) in [5.41, 5.74) is 0. The lowest BCUT2D eigenvalue weighted by Gasteiger charge is -2.17. The first kappa shape index (κ1) is 46.9. The molecule has 0 bridgehead atoms. The lowest BCUT2D eigenvalue weighted by Crippen LogP contribution is -2.17. The molecule has 0 fully saturated rings. The monoisotopic (exact) mass is 692 g/mol. The van der Waals surface area contributed by atoms with Crippen LogP contribution in [0.3, 0.4) is 0 Å². The van der Waals surface area contributed by atoms with Gasteiger partial charge in [-0.1, -0.05) is 128 Å². The van der Waals surface area contributed by atoms with E-state index in [-0.39, 0.29) is 17.9 Å². The fourth-order valence-corrected chi connectivity index (χ4v) is 5.85. The molecule has 0 aliphatic carbocycles. The molecule has 0 aliphatic heterocycles. The second kappa shape index (κ2) is 37.1. The Hall–Kier alpha value is -2.15. The highest BCUT2D eigenvalue weighted by atomic mass is 16.5. The summed E-state index contributed by atoms with van der Waals surface area (Å²) in [4.78, 5) is 38.7. The smallest absolute Gasteiger partial charge is 0.306 e. The first-order valence-corrected chi connectivity index (χ1v) is 20.3. The number of nitrogens with zero attached hydrogens (tertiary/aromatic N) is 1. The Kier molecular flexibility index (Phi) is 35.5. The maximum absolute atomic E-state index is 12.6. The minimum atomic E-state index is -0.101. The standard InChI is InChI=1S/C42H77NO6/c1-5-7-9-11-13-21-27-35-47-40(44)32-25-19-15-17-23-30-39(38-42(46)49-37-29-34-43(3)4)31-24-18-16-20-26-33-41(45)48-36-28-22-14-12-10-8-6-2/h21-22,27-28,39H,5-20,23-26,29-38H2,1-4H3. The van der Waals surface area contributed by atoms with Crippen LogP contribution in [0.25, 0.3) is 0 Å². The maximum atomic E-state index is 12.6. The van der Waals surface area contributed by atoms with Crippen LogP contribution in [0.4, 0.5) is 0 Å². The first-order valence-electron chi connectivity index (χ1n) is 20.3. The van der Waals surface area contributed by atoms with Gasteiger partial charge in [0.15, 0.2) is 0 Å². The summed E-state index contributed by atoms with van der Waals surface area (Å²) in [6.45, 7) is 6.61. The Balaban J connectivity index is 4.16. The van der Waals surface area contributed by atoms with Gasteiger partial charge in [-0.3, -0.25) is 14.4 Å². The van der Waals surface area contributed by atoms with E-state index in [1.807, 2.05) is 26.2 Å². The van der Waals surface area contributed by atoms with Crippen LogP contribution in [0.5, 0.6) is 0 Å². The Labute approximate surface area is 302 Å². The summed E-state index contributed by atoms with van der Waals surface area (Å²) in [6, 6.07) is 0. The Morgan fingerprint density at radius 1 is 0.510 bits per heavy atom. The van der Waals surface area contributed by atoms with Crippen molar-refractivity contribution in [3.8, 4) is 0 Å². The SMILES string of the molecule is CCCCCCC=CCOC(=O)CCCCCCCC(CCCCCCCC(=O)OCC=CCCCCCC)CC(=O)OCCCN(C)C. The molecule has 0 saturated carbocycles. The first-order chi connectivity index (χ1) is 23.9. The second-order valence-electron chi connectivity index (χ2n) is 14.1. The van der Waals surface area contributed by atoms with Gasteiger partial charge in [0.2, 0.25) is 0 Å². The average molecular weight is 692 g/mol. The van der Waals surface area contributed by atoms with Gasteiger partial charge in [0, 0.05) is 25.8 Å². The quantitative estimate of drug-likeness (QED) is 0.0280. The van der Waals surface area contributed by atoms with Crippen molar-refractivity contribution >= 4 is 17.9 Å². The van der Waals surface area contributed by atoms with Crippen molar-refractivity contribution in [1.82, 2.24) is 4.90 Å². The van der Waals surface area contributed by atoms with Crippen molar-refractivity contribution in [1.29, 1.82) is 0 Å². The molecule has 0 aliphatic rings. The number of rotatable bonds is 36. The molecule has 286 valence electrons. The largest absolute Gasteiger partial charge is 0.466 e. The van der Waals surface area contributed by atoms with Crippen LogP contribution in [-0.4, -0.2) is 63.3 Å². The molecule has 0 aromatic carbocycles. The summed E-state index contributed by atoms with van der Waals surface area (Å²) in [7, 11) is 4.06. The minimum absolute atomic E-state index is 0.0709. The predicted molar refractivity (Wildman–Crippen MR) is 205 cm³/mol. The number of carbonyl (C=O) groups is 3. The fourth-order valence-electron chi connectivity index (χ4n) is 5.85. The third-order valence-electron chi connectivity index (χ3n) is 8.92. The molecule has 7 nitrogen and oxygen atoms in total. The summed E-state index contributed by atoms with van der Waals surface area (Å²) in [6.07, 6.45) is 35.2. The molecule has 0 N–H and O–H groups in total. The summed E-state index contributed by atoms with van der Waals surface area (Å²) in [5, 5.41) is 0. The van der Waals surface area contributed by atoms with Crippen LogP contribution in [0, 0.1) is 5.92 Å². The highest BCUT2D eigenvalue weighted by Crippen LogP contribution is 2.23. The number of hydrogen-bond acceptors (Lipinski definition) is 7. The number of allylic oxidation sites excluding steroid dienone is 2. The second-order valence-corrected chi connectivity index (χ2v) is 14.1. The van der Waals surface area contributed by atoms with Crippen molar-refractivity contribution in [2.75, 3.05) is 40.5 Å². The number of hydrogen-bond donors (Lipinski definition) is 0. The van der Waals surface area contributed by atoms with E-state index in [9.17, 15) is 14.4 Å². The number of ether oxygens (including phenoxy) is 3. The van der Waals surface area contributed by atoms with Gasteiger partial charge in [-0.25, -0.2) is 0 Å². The number of carbonyl (C=O) groups excluding carboxylic acids is 3. The zero-order valence-corrected chi connectivity index (χ0v) is 32.5. The molecule has 49 heavy (non-hydrogen) atoms. The zero-order valence-electron chi connectivity index (χ0n) is 32.5. The molecule has 0 spiro atoms. The highest BCUT2D eigenvalue weighted by Gasteiger charge is 2.15. The van der Waals surface area contributed by atoms with Crippen LogP contribution in [0.2, 0.25) is 0 Å². The molecule has 7 heteroatoms. The van der Waals surface area contributed by atoms with Crippen LogP contribution in [-0.2, 0) is 28.6 Å². The highest BCUT2D eigenvalue weighted by molar-refractivity contribution is 5.70. The predicted octanol–water partition coefficient (Wildman–Crippen LogP) is 11.1. The van der Waals surface area contributed by atoms with Crippen molar-refractivity contribution in [2.45, 2.75) is 181 Å². The lowest BCUT2D eigenvalue weighted by atomic mass is 9.91. The van der Waals surface area contributed by atoms with E-state index in [1.165, 1.54) is 51.4 Å². The van der Waals surface area contributed by atoms with Crippen LogP contribution in [0.15, 0.2) is 24.3 Å². The van der Waals surface area contributed by atoms with E-state index >= 15 is 0 Å². The minimum Gasteiger partial charge on any atom is -0.466 e. The normalized spacial score (nSPS) is 12.3. The fraction of sp³-hybridized carbons (Fsp3) is 0.833. The summed E-state index contributed by atoms with van der Waals surface area (Å²) >= 11 is 0.